The van der Waals surface area contributed by atoms with Gasteiger partial charge in [0.05, 0.1) is 11.5 Å². The summed E-state index contributed by atoms with van der Waals surface area (Å²) in [6.07, 6.45) is 2.60. The topological polar surface area (TPSA) is 105 Å². The molecule has 33 heavy (non-hydrogen) atoms. The van der Waals surface area contributed by atoms with E-state index in [9.17, 15) is 14.4 Å². The van der Waals surface area contributed by atoms with Gasteiger partial charge in [-0.15, -0.1) is 11.8 Å². The molecule has 0 radical (unpaired) electrons. The summed E-state index contributed by atoms with van der Waals surface area (Å²) in [6.45, 7) is 4.72. The number of rotatable bonds is 10. The fourth-order valence-corrected chi connectivity index (χ4v) is 4.45. The molecular weight excluding hydrogens is 436 g/mol. The van der Waals surface area contributed by atoms with Crippen molar-refractivity contribution in [3.8, 4) is 0 Å². The number of nitrogens with zero attached hydrogens (tertiary/aromatic N) is 1. The second-order valence-corrected chi connectivity index (χ2v) is 9.41. The number of aryl methyl sites for hydroxylation is 1. The number of anilines is 2. The molecule has 7 nitrogen and oxygen atoms in total. The third-order valence-corrected chi connectivity index (χ3v) is 6.65. The zero-order valence-electron chi connectivity index (χ0n) is 19.0. The average molecular weight is 469 g/mol. The van der Waals surface area contributed by atoms with E-state index in [2.05, 4.69) is 15.5 Å². The lowest BCUT2D eigenvalue weighted by Gasteiger charge is -2.30. The van der Waals surface area contributed by atoms with E-state index in [-0.39, 0.29) is 35.1 Å². The maximum absolute atomic E-state index is 12.2. The highest BCUT2D eigenvalue weighted by Crippen LogP contribution is 2.18. The smallest absolute Gasteiger partial charge is 0.234 e. The summed E-state index contributed by atoms with van der Waals surface area (Å²) in [6, 6.07) is 15.5. The van der Waals surface area contributed by atoms with Crippen LogP contribution >= 0.6 is 11.8 Å². The monoisotopic (exact) mass is 468 g/mol. The molecule has 3 rings (SSSR count). The van der Waals surface area contributed by atoms with Crippen molar-refractivity contribution in [3.63, 3.8) is 0 Å². The number of nitrogens with two attached hydrogens (primary N) is 1. The number of benzene rings is 2. The van der Waals surface area contributed by atoms with Gasteiger partial charge in [-0.05, 0) is 74.7 Å². The predicted molar refractivity (Wildman–Crippen MR) is 134 cm³/mol. The van der Waals surface area contributed by atoms with Gasteiger partial charge in [-0.25, -0.2) is 0 Å². The summed E-state index contributed by atoms with van der Waals surface area (Å²) in [5.41, 5.74) is 9.18. The largest absolute Gasteiger partial charge is 0.369 e. The molecule has 176 valence electrons. The first-order valence-corrected chi connectivity index (χ1v) is 12.4. The lowest BCUT2D eigenvalue weighted by molar-refractivity contribution is -0.123. The molecule has 0 aliphatic carbocycles. The number of nitrogens with one attached hydrogen (secondary N) is 2. The van der Waals surface area contributed by atoms with Gasteiger partial charge in [0.25, 0.3) is 0 Å². The molecule has 1 heterocycles. The van der Waals surface area contributed by atoms with E-state index in [1.54, 1.807) is 0 Å². The maximum atomic E-state index is 12.2. The van der Waals surface area contributed by atoms with Crippen molar-refractivity contribution in [2.45, 2.75) is 26.2 Å². The molecule has 2 aromatic carbocycles. The first-order chi connectivity index (χ1) is 15.9. The number of primary amides is 1. The van der Waals surface area contributed by atoms with Gasteiger partial charge in [0.15, 0.2) is 0 Å². The minimum absolute atomic E-state index is 0.0184. The number of carbonyl (C=O) groups is 3. The van der Waals surface area contributed by atoms with Crippen molar-refractivity contribution >= 4 is 40.9 Å². The van der Waals surface area contributed by atoms with E-state index in [0.29, 0.717) is 0 Å². The molecule has 0 spiro atoms. The molecule has 0 aromatic heterocycles. The Morgan fingerprint density at radius 3 is 2.21 bits per heavy atom. The van der Waals surface area contributed by atoms with Crippen molar-refractivity contribution in [3.05, 3.63) is 59.7 Å². The predicted octanol–water partition coefficient (Wildman–Crippen LogP) is 3.05. The summed E-state index contributed by atoms with van der Waals surface area (Å²) >= 11 is 1.28. The molecule has 2 aromatic rings. The fraction of sp³-hybridized carbons (Fsp3) is 0.400. The van der Waals surface area contributed by atoms with Gasteiger partial charge in [0, 0.05) is 23.8 Å². The summed E-state index contributed by atoms with van der Waals surface area (Å²) in [5.74, 6) is 0.0115. The zero-order valence-corrected chi connectivity index (χ0v) is 19.8. The first kappa shape index (κ1) is 24.8. The standard InChI is InChI=1S/C25H32N4O3S/c1-18-3-2-4-22(15-18)28-24(31)17-33-16-23(30)27-21-7-5-19(6-8-21)9-12-29-13-10-20(11-14-29)25(26)32/h2-8,15,20H,9-14,16-17H2,1H3,(H2,26,32)(H,27,30)(H,28,31). The van der Waals surface area contributed by atoms with Crippen molar-refractivity contribution < 1.29 is 14.4 Å². The van der Waals surface area contributed by atoms with Crippen LogP contribution in [0.3, 0.4) is 0 Å². The fourth-order valence-electron chi connectivity index (χ4n) is 3.84. The second-order valence-electron chi connectivity index (χ2n) is 8.42. The van der Waals surface area contributed by atoms with Crippen LogP contribution in [0.4, 0.5) is 11.4 Å². The van der Waals surface area contributed by atoms with E-state index in [1.807, 2.05) is 55.5 Å². The minimum atomic E-state index is -0.184. The van der Waals surface area contributed by atoms with Crippen LogP contribution in [0, 0.1) is 12.8 Å². The van der Waals surface area contributed by atoms with Gasteiger partial charge in [0.1, 0.15) is 0 Å². The molecule has 1 fully saturated rings. The van der Waals surface area contributed by atoms with Gasteiger partial charge in [-0.2, -0.15) is 0 Å². The van der Waals surface area contributed by atoms with Crippen LogP contribution in [0.25, 0.3) is 0 Å². The SMILES string of the molecule is Cc1cccc(NC(=O)CSCC(=O)Nc2ccc(CCN3CCC(C(N)=O)CC3)cc2)c1. The van der Waals surface area contributed by atoms with Gasteiger partial charge in [-0.1, -0.05) is 24.3 Å². The van der Waals surface area contributed by atoms with Gasteiger partial charge in [0.2, 0.25) is 17.7 Å². The molecule has 4 N–H and O–H groups in total. The minimum Gasteiger partial charge on any atom is -0.369 e. The molecule has 3 amide bonds. The molecule has 0 unspecified atom stereocenters. The molecule has 0 bridgehead atoms. The average Bonchev–Trinajstić information content (AvgIpc) is 2.79. The lowest BCUT2D eigenvalue weighted by Crippen LogP contribution is -2.39. The number of carbonyl (C=O) groups excluding carboxylic acids is 3. The molecule has 1 aliphatic heterocycles. The summed E-state index contributed by atoms with van der Waals surface area (Å²) in [7, 11) is 0. The van der Waals surface area contributed by atoms with Gasteiger partial charge < -0.3 is 21.3 Å². The normalized spacial score (nSPS) is 14.6. The number of piperidine rings is 1. The summed E-state index contributed by atoms with van der Waals surface area (Å²) in [5, 5.41) is 5.71. The Balaban J connectivity index is 1.32. The van der Waals surface area contributed by atoms with Crippen LogP contribution in [0.2, 0.25) is 0 Å². The Kier molecular flexibility index (Phi) is 9.33. The quantitative estimate of drug-likeness (QED) is 0.497. The van der Waals surface area contributed by atoms with E-state index < -0.39 is 0 Å². The molecule has 1 saturated heterocycles. The molecule has 1 aliphatic rings. The van der Waals surface area contributed by atoms with Crippen LogP contribution in [0.15, 0.2) is 48.5 Å². The second kappa shape index (κ2) is 12.4. The summed E-state index contributed by atoms with van der Waals surface area (Å²) < 4.78 is 0. The number of thioether (sulfide) groups is 1. The van der Waals surface area contributed by atoms with E-state index in [1.165, 1.54) is 17.3 Å². The first-order valence-electron chi connectivity index (χ1n) is 11.2. The maximum Gasteiger partial charge on any atom is 0.234 e. The van der Waals surface area contributed by atoms with Crippen molar-refractivity contribution in [2.24, 2.45) is 11.7 Å². The Morgan fingerprint density at radius 1 is 0.970 bits per heavy atom. The van der Waals surface area contributed by atoms with Crippen LogP contribution in [-0.2, 0) is 20.8 Å². The lowest BCUT2D eigenvalue weighted by atomic mass is 9.96. The van der Waals surface area contributed by atoms with E-state index in [4.69, 9.17) is 5.73 Å². The number of amides is 3. The Bertz CT molecular complexity index is 956. The van der Waals surface area contributed by atoms with E-state index in [0.717, 1.165) is 55.8 Å². The highest BCUT2D eigenvalue weighted by atomic mass is 32.2. The third kappa shape index (κ3) is 8.55. The molecule has 0 atom stereocenters. The summed E-state index contributed by atoms with van der Waals surface area (Å²) in [4.78, 5) is 37.9. The van der Waals surface area contributed by atoms with Crippen LogP contribution < -0.4 is 16.4 Å². The Labute approximate surface area is 199 Å². The van der Waals surface area contributed by atoms with Crippen LogP contribution in [-0.4, -0.2) is 53.8 Å². The van der Waals surface area contributed by atoms with E-state index >= 15 is 0 Å². The van der Waals surface area contributed by atoms with Crippen LogP contribution in [0.5, 0.6) is 0 Å². The zero-order chi connectivity index (χ0) is 23.6. The molecule has 8 heteroatoms. The van der Waals surface area contributed by atoms with Crippen molar-refractivity contribution in [1.29, 1.82) is 0 Å². The Hall–Kier alpha value is -2.84. The highest BCUT2D eigenvalue weighted by molar-refractivity contribution is 8.00. The molecule has 0 saturated carbocycles. The third-order valence-electron chi connectivity index (χ3n) is 5.71. The number of hydrogen-bond acceptors (Lipinski definition) is 5. The number of likely N-dealkylation sites (tertiary alicyclic amines) is 1. The Morgan fingerprint density at radius 2 is 1.61 bits per heavy atom. The number of hydrogen-bond donors (Lipinski definition) is 3. The molecular formula is C25H32N4O3S. The van der Waals surface area contributed by atoms with Crippen molar-refractivity contribution in [1.82, 2.24) is 4.90 Å². The highest BCUT2D eigenvalue weighted by Gasteiger charge is 2.22. The van der Waals surface area contributed by atoms with Crippen molar-refractivity contribution in [2.75, 3.05) is 41.8 Å². The van der Waals surface area contributed by atoms with Gasteiger partial charge in [-0.3, -0.25) is 14.4 Å². The van der Waals surface area contributed by atoms with Crippen LogP contribution in [0.1, 0.15) is 24.0 Å². The van der Waals surface area contributed by atoms with Gasteiger partial charge >= 0.3 is 0 Å².